The summed E-state index contributed by atoms with van der Waals surface area (Å²) in [5.74, 6) is -2.46. The molecule has 0 aliphatic carbocycles. The number of carboxylic acids is 1. The topological polar surface area (TPSA) is 124 Å². The monoisotopic (exact) mass is 496 g/mol. The summed E-state index contributed by atoms with van der Waals surface area (Å²) >= 11 is 11.0. The molecule has 0 radical (unpaired) electrons. The van der Waals surface area contributed by atoms with E-state index in [1.165, 1.54) is 24.4 Å². The maximum absolute atomic E-state index is 13.9. The molecular weight excluding hydrogens is 479 g/mol. The molecule has 0 spiro atoms. The number of carbonyl (C=O) groups is 1. The van der Waals surface area contributed by atoms with E-state index < -0.39 is 55.4 Å². The van der Waals surface area contributed by atoms with Gasteiger partial charge in [-0.15, -0.1) is 0 Å². The van der Waals surface area contributed by atoms with E-state index in [0.717, 1.165) is 6.07 Å². The Morgan fingerprint density at radius 3 is 2.31 bits per heavy atom. The second-order valence-electron chi connectivity index (χ2n) is 6.74. The third kappa shape index (κ3) is 5.22. The maximum Gasteiger partial charge on any atom is 0.356 e. The second-order valence-corrected chi connectivity index (χ2v) is 7.58. The number of carboxylic acid groups (broad SMARTS) is 1. The van der Waals surface area contributed by atoms with Gasteiger partial charge in [0, 0.05) is 17.4 Å². The molecule has 13 heteroatoms. The van der Waals surface area contributed by atoms with Gasteiger partial charge in [-0.1, -0.05) is 23.2 Å². The molecule has 174 valence electrons. The summed E-state index contributed by atoms with van der Waals surface area (Å²) in [6.45, 7) is -4.19. The first-order valence-electron chi connectivity index (χ1n) is 8.81. The van der Waals surface area contributed by atoms with E-state index in [9.17, 15) is 22.4 Å². The molecule has 1 aromatic carbocycles. The van der Waals surface area contributed by atoms with Crippen molar-refractivity contribution in [1.82, 2.24) is 4.98 Å². The minimum atomic E-state index is -2.03. The van der Waals surface area contributed by atoms with E-state index in [1.807, 2.05) is 0 Å². The zero-order chi connectivity index (χ0) is 24.1. The molecule has 1 aromatic heterocycles. The Bertz CT molecular complexity index is 1020. The van der Waals surface area contributed by atoms with Gasteiger partial charge in [0.25, 0.3) is 0 Å². The van der Waals surface area contributed by atoms with Gasteiger partial charge in [0.2, 0.25) is 0 Å². The normalized spacial score (nSPS) is 19.5. The van der Waals surface area contributed by atoms with Crippen LogP contribution in [0.3, 0.4) is 0 Å². The lowest BCUT2D eigenvalue weighted by Gasteiger charge is -2.39. The molecule has 2 aromatic rings. The van der Waals surface area contributed by atoms with Crippen LogP contribution in [0.4, 0.5) is 23.2 Å². The molecule has 32 heavy (non-hydrogen) atoms. The van der Waals surface area contributed by atoms with Crippen LogP contribution in [0.15, 0.2) is 35.5 Å². The fourth-order valence-corrected chi connectivity index (χ4v) is 3.16. The average molecular weight is 497 g/mol. The zero-order valence-corrected chi connectivity index (χ0v) is 17.8. The smallest absolute Gasteiger partial charge is 0.356 e. The lowest BCUT2D eigenvalue weighted by molar-refractivity contribution is -0.0644. The van der Waals surface area contributed by atoms with Crippen molar-refractivity contribution in [2.75, 3.05) is 32.4 Å². The summed E-state index contributed by atoms with van der Waals surface area (Å²) in [5, 5.41) is 8.83. The molecule has 0 saturated carbocycles. The van der Waals surface area contributed by atoms with Crippen LogP contribution in [0.2, 0.25) is 10.0 Å². The molecule has 2 heterocycles. The van der Waals surface area contributed by atoms with E-state index in [4.69, 9.17) is 44.5 Å². The lowest BCUT2D eigenvalue weighted by atomic mass is 9.89. The van der Waals surface area contributed by atoms with Gasteiger partial charge in [0.15, 0.2) is 11.3 Å². The van der Waals surface area contributed by atoms with E-state index in [0.29, 0.717) is 5.02 Å². The number of nitrogen functional groups attached to an aromatic ring is 1. The molecule has 0 amide bonds. The molecule has 0 unspecified atom stereocenters. The minimum absolute atomic E-state index is 0.0463. The van der Waals surface area contributed by atoms with Crippen LogP contribution < -0.4 is 11.5 Å². The number of aromatic carboxylic acids is 1. The fraction of sp³-hybridized carbons (Fsp3) is 0.316. The first-order valence-corrected chi connectivity index (χ1v) is 9.57. The molecule has 1 aliphatic heterocycles. The van der Waals surface area contributed by atoms with Gasteiger partial charge in [-0.2, -0.15) is 0 Å². The van der Waals surface area contributed by atoms with E-state index >= 15 is 0 Å². The first-order chi connectivity index (χ1) is 15.0. The van der Waals surface area contributed by atoms with Crippen molar-refractivity contribution in [3.63, 3.8) is 0 Å². The lowest BCUT2D eigenvalue weighted by Crippen LogP contribution is -2.58. The predicted molar refractivity (Wildman–Crippen MR) is 112 cm³/mol. The van der Waals surface area contributed by atoms with Crippen LogP contribution in [0.1, 0.15) is 16.1 Å². The zero-order valence-electron chi connectivity index (χ0n) is 16.3. The summed E-state index contributed by atoms with van der Waals surface area (Å²) in [6, 6.07) is 4.89. The quantitative estimate of drug-likeness (QED) is 0.428. The molecule has 7 nitrogen and oxygen atoms in total. The number of ether oxygens (including phenoxy) is 1. The SMILES string of the molecule is NC1=N[C@](CF)(c2cc(N)ccc2F)COC1(CF)CF.O=C(O)c1ncc(Cl)cc1Cl. The molecule has 5 N–H and O–H groups in total. The molecule has 3 rings (SSSR count). The molecule has 0 fully saturated rings. The second kappa shape index (κ2) is 10.3. The Balaban J connectivity index is 0.000000278. The number of pyridine rings is 1. The van der Waals surface area contributed by atoms with E-state index in [1.54, 1.807) is 0 Å². The van der Waals surface area contributed by atoms with Crippen molar-refractivity contribution in [2.45, 2.75) is 11.1 Å². The van der Waals surface area contributed by atoms with Crippen molar-refractivity contribution in [1.29, 1.82) is 0 Å². The Kier molecular flexibility index (Phi) is 8.27. The van der Waals surface area contributed by atoms with Crippen molar-refractivity contribution in [3.05, 3.63) is 57.6 Å². The summed E-state index contributed by atoms with van der Waals surface area (Å²) in [4.78, 5) is 17.7. The number of hydrogen-bond acceptors (Lipinski definition) is 6. The molecular formula is C19H18Cl2F4N4O3. The Morgan fingerprint density at radius 1 is 1.16 bits per heavy atom. The Morgan fingerprint density at radius 2 is 1.81 bits per heavy atom. The highest BCUT2D eigenvalue weighted by atomic mass is 35.5. The van der Waals surface area contributed by atoms with E-state index in [-0.39, 0.29) is 22.0 Å². The summed E-state index contributed by atoms with van der Waals surface area (Å²) in [6.07, 6.45) is 1.23. The third-order valence-corrected chi connectivity index (χ3v) is 5.04. The van der Waals surface area contributed by atoms with Gasteiger partial charge in [0.1, 0.15) is 37.2 Å². The number of hydrogen-bond donors (Lipinski definition) is 3. The number of nitrogens with zero attached hydrogens (tertiary/aromatic N) is 2. The van der Waals surface area contributed by atoms with Gasteiger partial charge in [0.05, 0.1) is 16.7 Å². The van der Waals surface area contributed by atoms with Crippen molar-refractivity contribution >= 4 is 40.7 Å². The highest BCUT2D eigenvalue weighted by Crippen LogP contribution is 2.36. The number of aromatic nitrogens is 1. The molecule has 1 aliphatic rings. The van der Waals surface area contributed by atoms with Crippen LogP contribution in [0.25, 0.3) is 0 Å². The largest absolute Gasteiger partial charge is 0.476 e. The number of amidine groups is 1. The van der Waals surface area contributed by atoms with Crippen molar-refractivity contribution in [3.8, 4) is 0 Å². The van der Waals surface area contributed by atoms with Gasteiger partial charge >= 0.3 is 5.97 Å². The standard InChI is InChI=1S/C13H15F4N3O.C6H3Cl2NO2/c14-4-12(9-3-8(18)1-2-10(9)17)7-21-13(5-15,6-16)11(19)20-12;7-3-1-4(8)5(6(10)11)9-2-3/h1-3H,4-7,18H2,(H2,19,20);1-2H,(H,10,11)/t12-;/m0./s1. The highest BCUT2D eigenvalue weighted by molar-refractivity contribution is 6.36. The number of benzene rings is 1. The molecule has 0 saturated heterocycles. The molecule has 1 atom stereocenters. The van der Waals surface area contributed by atoms with Crippen LogP contribution in [0, 0.1) is 5.82 Å². The predicted octanol–water partition coefficient (Wildman–Crippen LogP) is 3.72. The number of aliphatic imine (C=N–C) groups is 1. The number of halogens is 6. The van der Waals surface area contributed by atoms with Gasteiger partial charge in [-0.05, 0) is 24.3 Å². The van der Waals surface area contributed by atoms with Crippen LogP contribution >= 0.6 is 23.2 Å². The minimum Gasteiger partial charge on any atom is -0.476 e. The Hall–Kier alpha value is -2.63. The van der Waals surface area contributed by atoms with E-state index in [2.05, 4.69) is 9.98 Å². The Labute approximate surface area is 190 Å². The summed E-state index contributed by atoms with van der Waals surface area (Å²) < 4.78 is 58.5. The number of anilines is 1. The highest BCUT2D eigenvalue weighted by Gasteiger charge is 2.48. The van der Waals surface area contributed by atoms with Crippen LogP contribution in [-0.2, 0) is 10.3 Å². The number of alkyl halides is 3. The first kappa shape index (κ1) is 25.6. The third-order valence-electron chi connectivity index (χ3n) is 4.54. The van der Waals surface area contributed by atoms with Crippen molar-refractivity contribution in [2.24, 2.45) is 10.7 Å². The molecule has 0 bridgehead atoms. The summed E-state index contributed by atoms with van der Waals surface area (Å²) in [5.41, 5.74) is 7.11. The summed E-state index contributed by atoms with van der Waals surface area (Å²) in [7, 11) is 0. The van der Waals surface area contributed by atoms with Crippen LogP contribution in [0.5, 0.6) is 0 Å². The van der Waals surface area contributed by atoms with Gasteiger partial charge in [-0.3, -0.25) is 4.99 Å². The average Bonchev–Trinajstić information content (AvgIpc) is 2.76. The van der Waals surface area contributed by atoms with Crippen LogP contribution in [-0.4, -0.2) is 54.1 Å². The maximum atomic E-state index is 13.9. The number of nitrogens with two attached hydrogens (primary N) is 2. The fourth-order valence-electron chi connectivity index (χ4n) is 2.70. The van der Waals surface area contributed by atoms with Crippen molar-refractivity contribution < 1.29 is 32.2 Å². The number of rotatable bonds is 5. The van der Waals surface area contributed by atoms with Gasteiger partial charge < -0.3 is 21.3 Å². The van der Waals surface area contributed by atoms with Gasteiger partial charge in [-0.25, -0.2) is 27.3 Å².